The van der Waals surface area contributed by atoms with Gasteiger partial charge in [0.2, 0.25) is 5.82 Å². The summed E-state index contributed by atoms with van der Waals surface area (Å²) < 4.78 is 4.59. The standard InChI is InChI=1S/C12H17N3O3/c1-12(17)4-7-15(8-5-12)9-3-6-13-10(14-9)11(16)18-2/h3,6,17H,4-5,7-8H2,1-2H3. The van der Waals surface area contributed by atoms with Gasteiger partial charge < -0.3 is 14.7 Å². The molecule has 1 aromatic heterocycles. The molecule has 0 aromatic carbocycles. The Morgan fingerprint density at radius 3 is 2.78 bits per heavy atom. The minimum absolute atomic E-state index is 0.0623. The number of piperidine rings is 1. The molecule has 0 unspecified atom stereocenters. The summed E-state index contributed by atoms with van der Waals surface area (Å²) in [5.74, 6) is 0.217. The highest BCUT2D eigenvalue weighted by molar-refractivity contribution is 5.85. The first-order valence-electron chi connectivity index (χ1n) is 5.90. The van der Waals surface area contributed by atoms with Crippen LogP contribution in [0.15, 0.2) is 12.3 Å². The summed E-state index contributed by atoms with van der Waals surface area (Å²) in [6, 6.07) is 1.76. The van der Waals surface area contributed by atoms with Gasteiger partial charge in [0, 0.05) is 19.3 Å². The highest BCUT2D eigenvalue weighted by atomic mass is 16.5. The largest absolute Gasteiger partial charge is 0.463 e. The highest BCUT2D eigenvalue weighted by Crippen LogP contribution is 2.24. The van der Waals surface area contributed by atoms with Crippen molar-refractivity contribution in [3.05, 3.63) is 18.1 Å². The zero-order valence-corrected chi connectivity index (χ0v) is 10.6. The number of carbonyl (C=O) groups excluding carboxylic acids is 1. The van der Waals surface area contributed by atoms with Crippen LogP contribution in [0.5, 0.6) is 0 Å². The fourth-order valence-corrected chi connectivity index (χ4v) is 1.93. The smallest absolute Gasteiger partial charge is 0.376 e. The Kier molecular flexibility index (Phi) is 3.47. The predicted molar refractivity (Wildman–Crippen MR) is 65.4 cm³/mol. The summed E-state index contributed by atoms with van der Waals surface area (Å²) >= 11 is 0. The number of nitrogens with zero attached hydrogens (tertiary/aromatic N) is 3. The number of carbonyl (C=O) groups is 1. The van der Waals surface area contributed by atoms with E-state index in [9.17, 15) is 9.90 Å². The Labute approximate surface area is 106 Å². The van der Waals surface area contributed by atoms with Gasteiger partial charge in [-0.3, -0.25) is 0 Å². The number of hydrogen-bond acceptors (Lipinski definition) is 6. The Bertz CT molecular complexity index is 438. The van der Waals surface area contributed by atoms with E-state index in [4.69, 9.17) is 0 Å². The molecule has 0 aliphatic carbocycles. The molecular formula is C12H17N3O3. The molecule has 6 heteroatoms. The van der Waals surface area contributed by atoms with Gasteiger partial charge in [-0.05, 0) is 25.8 Å². The Morgan fingerprint density at radius 2 is 2.17 bits per heavy atom. The molecule has 18 heavy (non-hydrogen) atoms. The first-order chi connectivity index (χ1) is 8.52. The predicted octanol–water partition coefficient (Wildman–Crippen LogP) is 0.614. The van der Waals surface area contributed by atoms with Crippen LogP contribution in [-0.2, 0) is 4.74 Å². The molecule has 1 aliphatic heterocycles. The second-order valence-electron chi connectivity index (χ2n) is 4.71. The number of anilines is 1. The highest BCUT2D eigenvalue weighted by Gasteiger charge is 2.28. The van der Waals surface area contributed by atoms with Crippen LogP contribution in [-0.4, -0.2) is 46.8 Å². The number of methoxy groups -OCH3 is 1. The molecule has 0 radical (unpaired) electrons. The van der Waals surface area contributed by atoms with Crippen LogP contribution in [0.4, 0.5) is 5.82 Å². The van der Waals surface area contributed by atoms with Crippen molar-refractivity contribution in [3.63, 3.8) is 0 Å². The minimum Gasteiger partial charge on any atom is -0.463 e. The lowest BCUT2D eigenvalue weighted by Gasteiger charge is -2.36. The van der Waals surface area contributed by atoms with Gasteiger partial charge in [-0.25, -0.2) is 14.8 Å². The van der Waals surface area contributed by atoms with E-state index in [1.165, 1.54) is 7.11 Å². The van der Waals surface area contributed by atoms with Gasteiger partial charge in [0.05, 0.1) is 12.7 Å². The molecule has 6 nitrogen and oxygen atoms in total. The Balaban J connectivity index is 2.12. The summed E-state index contributed by atoms with van der Waals surface area (Å²) in [7, 11) is 1.30. The van der Waals surface area contributed by atoms with Crippen LogP contribution in [0.3, 0.4) is 0 Å². The molecule has 1 aliphatic rings. The van der Waals surface area contributed by atoms with Gasteiger partial charge in [-0.2, -0.15) is 0 Å². The van der Waals surface area contributed by atoms with E-state index in [0.29, 0.717) is 31.7 Å². The van der Waals surface area contributed by atoms with Crippen LogP contribution in [0.25, 0.3) is 0 Å². The van der Waals surface area contributed by atoms with E-state index in [0.717, 1.165) is 0 Å². The third-order valence-corrected chi connectivity index (χ3v) is 3.17. The summed E-state index contributed by atoms with van der Waals surface area (Å²) in [5.41, 5.74) is -0.602. The first-order valence-corrected chi connectivity index (χ1v) is 5.90. The normalized spacial score (nSPS) is 18.5. The van der Waals surface area contributed by atoms with Crippen LogP contribution < -0.4 is 4.90 Å². The third-order valence-electron chi connectivity index (χ3n) is 3.17. The monoisotopic (exact) mass is 251 g/mol. The first kappa shape index (κ1) is 12.8. The van der Waals surface area contributed by atoms with Crippen molar-refractivity contribution in [1.82, 2.24) is 9.97 Å². The Morgan fingerprint density at radius 1 is 1.50 bits per heavy atom. The minimum atomic E-state index is -0.602. The molecule has 98 valence electrons. The van der Waals surface area contributed by atoms with Crippen molar-refractivity contribution in [2.24, 2.45) is 0 Å². The van der Waals surface area contributed by atoms with Crippen molar-refractivity contribution < 1.29 is 14.6 Å². The lowest BCUT2D eigenvalue weighted by molar-refractivity contribution is 0.0349. The second kappa shape index (κ2) is 4.89. The lowest BCUT2D eigenvalue weighted by Crippen LogP contribution is -2.42. The van der Waals surface area contributed by atoms with Gasteiger partial charge in [0.15, 0.2) is 0 Å². The van der Waals surface area contributed by atoms with Gasteiger partial charge in [0.25, 0.3) is 0 Å². The zero-order chi connectivity index (χ0) is 13.2. The van der Waals surface area contributed by atoms with Crippen molar-refractivity contribution in [3.8, 4) is 0 Å². The van der Waals surface area contributed by atoms with E-state index in [2.05, 4.69) is 14.7 Å². The SMILES string of the molecule is COC(=O)c1nccc(N2CCC(C)(O)CC2)n1. The van der Waals surface area contributed by atoms with Crippen LogP contribution in [0.2, 0.25) is 0 Å². The quantitative estimate of drug-likeness (QED) is 0.776. The molecule has 0 saturated carbocycles. The number of ether oxygens (including phenoxy) is 1. The van der Waals surface area contributed by atoms with Crippen LogP contribution >= 0.6 is 0 Å². The third kappa shape index (κ3) is 2.76. The van der Waals surface area contributed by atoms with Crippen molar-refractivity contribution in [2.45, 2.75) is 25.4 Å². The molecule has 0 spiro atoms. The molecule has 1 saturated heterocycles. The van der Waals surface area contributed by atoms with Crippen molar-refractivity contribution >= 4 is 11.8 Å². The molecule has 1 aromatic rings. The molecular weight excluding hydrogens is 234 g/mol. The average Bonchev–Trinajstić information content (AvgIpc) is 2.38. The Hall–Kier alpha value is -1.69. The molecule has 0 bridgehead atoms. The van der Waals surface area contributed by atoms with Crippen molar-refractivity contribution in [2.75, 3.05) is 25.1 Å². The van der Waals surface area contributed by atoms with E-state index in [1.807, 2.05) is 11.8 Å². The maximum absolute atomic E-state index is 11.3. The van der Waals surface area contributed by atoms with E-state index in [1.54, 1.807) is 12.3 Å². The van der Waals surface area contributed by atoms with E-state index in [-0.39, 0.29) is 5.82 Å². The van der Waals surface area contributed by atoms with Crippen LogP contribution in [0, 0.1) is 0 Å². The molecule has 0 atom stereocenters. The zero-order valence-electron chi connectivity index (χ0n) is 10.6. The number of esters is 1. The maximum Gasteiger partial charge on any atom is 0.376 e. The summed E-state index contributed by atoms with van der Waals surface area (Å²) in [4.78, 5) is 21.4. The second-order valence-corrected chi connectivity index (χ2v) is 4.71. The maximum atomic E-state index is 11.3. The molecule has 2 rings (SSSR count). The topological polar surface area (TPSA) is 75.5 Å². The average molecular weight is 251 g/mol. The fraction of sp³-hybridized carbons (Fsp3) is 0.583. The molecule has 2 heterocycles. The fourth-order valence-electron chi connectivity index (χ4n) is 1.93. The number of rotatable bonds is 2. The lowest BCUT2D eigenvalue weighted by atomic mass is 9.94. The van der Waals surface area contributed by atoms with Crippen molar-refractivity contribution in [1.29, 1.82) is 0 Å². The molecule has 0 amide bonds. The number of aromatic nitrogens is 2. The molecule has 1 fully saturated rings. The summed E-state index contributed by atoms with van der Waals surface area (Å²) in [6.07, 6.45) is 2.91. The van der Waals surface area contributed by atoms with E-state index >= 15 is 0 Å². The summed E-state index contributed by atoms with van der Waals surface area (Å²) in [6.45, 7) is 3.26. The van der Waals surface area contributed by atoms with Gasteiger partial charge in [-0.1, -0.05) is 0 Å². The number of hydrogen-bond donors (Lipinski definition) is 1. The van der Waals surface area contributed by atoms with Gasteiger partial charge in [-0.15, -0.1) is 0 Å². The molecule has 1 N–H and O–H groups in total. The van der Waals surface area contributed by atoms with E-state index < -0.39 is 11.6 Å². The van der Waals surface area contributed by atoms with Gasteiger partial charge in [0.1, 0.15) is 5.82 Å². The summed E-state index contributed by atoms with van der Waals surface area (Å²) in [5, 5.41) is 9.89. The van der Waals surface area contributed by atoms with Gasteiger partial charge >= 0.3 is 5.97 Å². The number of aliphatic hydroxyl groups is 1. The van der Waals surface area contributed by atoms with Crippen LogP contribution in [0.1, 0.15) is 30.4 Å².